The van der Waals surface area contributed by atoms with Crippen LogP contribution in [0.25, 0.3) is 11.6 Å². The van der Waals surface area contributed by atoms with Crippen molar-refractivity contribution in [1.82, 2.24) is 25.5 Å². The first-order chi connectivity index (χ1) is 11.6. The van der Waals surface area contributed by atoms with Crippen molar-refractivity contribution >= 4 is 5.91 Å². The van der Waals surface area contributed by atoms with Crippen LogP contribution in [0.4, 0.5) is 0 Å². The molecule has 0 radical (unpaired) electrons. The lowest BCUT2D eigenvalue weighted by atomic mass is 10.1. The first-order valence-electron chi connectivity index (χ1n) is 7.54. The molecule has 3 aromatic rings. The lowest BCUT2D eigenvalue weighted by molar-refractivity contribution is -0.120. The first kappa shape index (κ1) is 15.8. The lowest BCUT2D eigenvalue weighted by Gasteiger charge is -2.03. The summed E-state index contributed by atoms with van der Waals surface area (Å²) in [6, 6.07) is 7.84. The maximum absolute atomic E-state index is 12.0. The van der Waals surface area contributed by atoms with E-state index in [0.717, 1.165) is 16.8 Å². The zero-order valence-corrected chi connectivity index (χ0v) is 13.5. The Labute approximate surface area is 139 Å². The molecule has 3 rings (SSSR count). The molecule has 0 saturated carbocycles. The molecule has 122 valence electrons. The van der Waals surface area contributed by atoms with Gasteiger partial charge in [0.15, 0.2) is 0 Å². The smallest absolute Gasteiger partial charge is 0.267 e. The monoisotopic (exact) mass is 323 g/mol. The standard InChI is InChI=1S/C17H17N5O2/c1-11-4-3-5-13(6-11)7-15(23)20-10-16-21-22-17(24-16)14-9-18-12(2)8-19-14/h3-6,8-9H,7,10H2,1-2H3,(H,20,23). The second kappa shape index (κ2) is 6.99. The number of benzene rings is 1. The predicted molar refractivity (Wildman–Crippen MR) is 86.8 cm³/mol. The summed E-state index contributed by atoms with van der Waals surface area (Å²) in [6.07, 6.45) is 3.51. The third kappa shape index (κ3) is 4.01. The van der Waals surface area contributed by atoms with Crippen LogP contribution in [-0.2, 0) is 17.8 Å². The third-order valence-electron chi connectivity index (χ3n) is 3.35. The Morgan fingerprint density at radius 2 is 2.04 bits per heavy atom. The van der Waals surface area contributed by atoms with Gasteiger partial charge in [0.1, 0.15) is 5.69 Å². The molecule has 0 spiro atoms. The average Bonchev–Trinajstić information content (AvgIpc) is 3.03. The molecule has 2 heterocycles. The fraction of sp³-hybridized carbons (Fsp3) is 0.235. The molecule has 0 aliphatic rings. The van der Waals surface area contributed by atoms with Gasteiger partial charge in [0.05, 0.1) is 24.9 Å². The Bertz CT molecular complexity index is 842. The number of hydrogen-bond donors (Lipinski definition) is 1. The van der Waals surface area contributed by atoms with Gasteiger partial charge >= 0.3 is 0 Å². The molecule has 7 nitrogen and oxygen atoms in total. The van der Waals surface area contributed by atoms with Crippen molar-refractivity contribution in [2.75, 3.05) is 0 Å². The van der Waals surface area contributed by atoms with Crippen molar-refractivity contribution in [3.8, 4) is 11.6 Å². The largest absolute Gasteiger partial charge is 0.417 e. The number of amides is 1. The highest BCUT2D eigenvalue weighted by Crippen LogP contribution is 2.13. The average molecular weight is 323 g/mol. The van der Waals surface area contributed by atoms with E-state index in [1.807, 2.05) is 38.1 Å². The molecule has 1 amide bonds. The molecular weight excluding hydrogens is 306 g/mol. The molecule has 0 saturated heterocycles. The van der Waals surface area contributed by atoms with E-state index in [9.17, 15) is 4.79 Å². The van der Waals surface area contributed by atoms with Crippen molar-refractivity contribution in [3.63, 3.8) is 0 Å². The van der Waals surface area contributed by atoms with Crippen molar-refractivity contribution < 1.29 is 9.21 Å². The second-order valence-corrected chi connectivity index (χ2v) is 5.49. The Kier molecular flexibility index (Phi) is 4.60. The molecule has 2 aromatic heterocycles. The summed E-state index contributed by atoms with van der Waals surface area (Å²) in [5.74, 6) is 0.505. The summed E-state index contributed by atoms with van der Waals surface area (Å²) in [5, 5.41) is 10.6. The normalized spacial score (nSPS) is 10.6. The number of hydrogen-bond acceptors (Lipinski definition) is 6. The van der Waals surface area contributed by atoms with Crippen molar-refractivity contribution in [2.24, 2.45) is 0 Å². The molecule has 24 heavy (non-hydrogen) atoms. The minimum absolute atomic E-state index is 0.101. The van der Waals surface area contributed by atoms with Gasteiger partial charge in [0.25, 0.3) is 5.89 Å². The Morgan fingerprint density at radius 1 is 1.17 bits per heavy atom. The quantitative estimate of drug-likeness (QED) is 0.772. The summed E-state index contributed by atoms with van der Waals surface area (Å²) >= 11 is 0. The topological polar surface area (TPSA) is 93.8 Å². The van der Waals surface area contributed by atoms with Crippen molar-refractivity contribution in [3.05, 3.63) is 59.4 Å². The molecule has 0 aliphatic carbocycles. The number of nitrogens with zero attached hydrogens (tertiary/aromatic N) is 4. The fourth-order valence-corrected chi connectivity index (χ4v) is 2.18. The van der Waals surface area contributed by atoms with Crippen LogP contribution in [-0.4, -0.2) is 26.1 Å². The minimum atomic E-state index is -0.101. The number of rotatable bonds is 5. The van der Waals surface area contributed by atoms with E-state index in [-0.39, 0.29) is 18.3 Å². The number of carbonyl (C=O) groups is 1. The Hall–Kier alpha value is -3.09. The maximum Gasteiger partial charge on any atom is 0.267 e. The lowest BCUT2D eigenvalue weighted by Crippen LogP contribution is -2.24. The number of nitrogens with one attached hydrogen (secondary N) is 1. The van der Waals surface area contributed by atoms with Crippen LogP contribution < -0.4 is 5.32 Å². The number of aryl methyl sites for hydroxylation is 2. The maximum atomic E-state index is 12.0. The molecule has 1 N–H and O–H groups in total. The van der Waals surface area contributed by atoms with Gasteiger partial charge in [-0.05, 0) is 19.4 Å². The van der Waals surface area contributed by atoms with Gasteiger partial charge in [-0.15, -0.1) is 10.2 Å². The third-order valence-corrected chi connectivity index (χ3v) is 3.35. The van der Waals surface area contributed by atoms with E-state index in [4.69, 9.17) is 4.42 Å². The van der Waals surface area contributed by atoms with Gasteiger partial charge in [-0.1, -0.05) is 29.8 Å². The van der Waals surface area contributed by atoms with Gasteiger partial charge < -0.3 is 9.73 Å². The molecule has 1 aromatic carbocycles. The van der Waals surface area contributed by atoms with Gasteiger partial charge in [0, 0.05) is 6.20 Å². The number of aromatic nitrogens is 4. The highest BCUT2D eigenvalue weighted by molar-refractivity contribution is 5.78. The minimum Gasteiger partial charge on any atom is -0.417 e. The van der Waals surface area contributed by atoms with Crippen LogP contribution in [0.15, 0.2) is 41.1 Å². The Morgan fingerprint density at radius 3 is 2.79 bits per heavy atom. The van der Waals surface area contributed by atoms with Gasteiger partial charge in [0.2, 0.25) is 11.8 Å². The molecule has 0 bridgehead atoms. The molecule has 0 fully saturated rings. The van der Waals surface area contributed by atoms with E-state index >= 15 is 0 Å². The zero-order chi connectivity index (χ0) is 16.9. The van der Waals surface area contributed by atoms with E-state index < -0.39 is 0 Å². The highest BCUT2D eigenvalue weighted by Gasteiger charge is 2.11. The molecule has 7 heteroatoms. The summed E-state index contributed by atoms with van der Waals surface area (Å²) < 4.78 is 5.49. The summed E-state index contributed by atoms with van der Waals surface area (Å²) in [4.78, 5) is 20.3. The fourth-order valence-electron chi connectivity index (χ4n) is 2.18. The van der Waals surface area contributed by atoms with Gasteiger partial charge in [-0.25, -0.2) is 4.98 Å². The SMILES string of the molecule is Cc1cccc(CC(=O)NCc2nnc(-c3cnc(C)cn3)o2)c1. The predicted octanol–water partition coefficient (Wildman–Crippen LogP) is 2.00. The highest BCUT2D eigenvalue weighted by atomic mass is 16.4. The first-order valence-corrected chi connectivity index (χ1v) is 7.54. The van der Waals surface area contributed by atoms with E-state index in [1.165, 1.54) is 0 Å². The molecular formula is C17H17N5O2. The van der Waals surface area contributed by atoms with Crippen LogP contribution in [0.1, 0.15) is 22.7 Å². The van der Waals surface area contributed by atoms with Crippen LogP contribution in [0.3, 0.4) is 0 Å². The van der Waals surface area contributed by atoms with E-state index in [2.05, 4.69) is 25.5 Å². The van der Waals surface area contributed by atoms with Crippen LogP contribution in [0.2, 0.25) is 0 Å². The second-order valence-electron chi connectivity index (χ2n) is 5.49. The van der Waals surface area contributed by atoms with Crippen LogP contribution >= 0.6 is 0 Å². The van der Waals surface area contributed by atoms with Crippen molar-refractivity contribution in [2.45, 2.75) is 26.8 Å². The van der Waals surface area contributed by atoms with Gasteiger partial charge in [-0.2, -0.15) is 0 Å². The molecule has 0 aliphatic heterocycles. The summed E-state index contributed by atoms with van der Waals surface area (Å²) in [5.41, 5.74) is 3.40. The van der Waals surface area contributed by atoms with E-state index in [0.29, 0.717) is 18.0 Å². The van der Waals surface area contributed by atoms with Crippen LogP contribution in [0.5, 0.6) is 0 Å². The zero-order valence-electron chi connectivity index (χ0n) is 13.5. The molecule has 0 atom stereocenters. The van der Waals surface area contributed by atoms with Gasteiger partial charge in [-0.3, -0.25) is 9.78 Å². The summed E-state index contributed by atoms with van der Waals surface area (Å²) in [7, 11) is 0. The van der Waals surface area contributed by atoms with Crippen LogP contribution in [0, 0.1) is 13.8 Å². The number of carbonyl (C=O) groups excluding carboxylic acids is 1. The van der Waals surface area contributed by atoms with E-state index in [1.54, 1.807) is 12.4 Å². The van der Waals surface area contributed by atoms with Crippen molar-refractivity contribution in [1.29, 1.82) is 0 Å². The summed E-state index contributed by atoms with van der Waals surface area (Å²) in [6.45, 7) is 4.02. The molecule has 0 unspecified atom stereocenters. The Balaban J connectivity index is 1.57.